The number of aromatic amines is 1. The van der Waals surface area contributed by atoms with Gasteiger partial charge in [0, 0.05) is 5.56 Å². The summed E-state index contributed by atoms with van der Waals surface area (Å²) in [6, 6.07) is 16.5. The molecule has 1 N–H and O–H groups in total. The second-order valence-electron chi connectivity index (χ2n) is 6.20. The summed E-state index contributed by atoms with van der Waals surface area (Å²) in [5.41, 5.74) is 1.98. The van der Waals surface area contributed by atoms with Gasteiger partial charge in [-0.3, -0.25) is 0 Å². The predicted molar refractivity (Wildman–Crippen MR) is 96.6 cm³/mol. The molecule has 0 saturated heterocycles. The molecule has 3 nitrogen and oxygen atoms in total. The molecule has 0 aliphatic heterocycles. The molecule has 138 valence electrons. The van der Waals surface area contributed by atoms with Crippen LogP contribution in [0, 0.1) is 17.1 Å². The first-order chi connectivity index (χ1) is 13.3. The van der Waals surface area contributed by atoms with Gasteiger partial charge in [-0.2, -0.15) is 18.4 Å². The first-order valence-electron chi connectivity index (χ1n) is 8.22. The van der Waals surface area contributed by atoms with Crippen molar-refractivity contribution in [3.05, 3.63) is 77.6 Å². The minimum atomic E-state index is -4.43. The van der Waals surface area contributed by atoms with Crippen LogP contribution in [0.25, 0.3) is 33.5 Å². The molecule has 4 aromatic rings. The van der Waals surface area contributed by atoms with E-state index < -0.39 is 17.6 Å². The van der Waals surface area contributed by atoms with Gasteiger partial charge in [0.1, 0.15) is 17.7 Å². The summed E-state index contributed by atoms with van der Waals surface area (Å²) in [5.74, 6) is -0.159. The molecule has 3 aromatic carbocycles. The number of aromatic nitrogens is 2. The maximum absolute atomic E-state index is 13.8. The van der Waals surface area contributed by atoms with Crippen LogP contribution in [0.3, 0.4) is 0 Å². The van der Waals surface area contributed by atoms with E-state index in [-0.39, 0.29) is 11.1 Å². The fraction of sp³-hybridized carbons (Fsp3) is 0.0476. The smallest absolute Gasteiger partial charge is 0.338 e. The van der Waals surface area contributed by atoms with Gasteiger partial charge in [-0.1, -0.05) is 30.3 Å². The zero-order chi connectivity index (χ0) is 19.9. The zero-order valence-corrected chi connectivity index (χ0v) is 14.2. The lowest BCUT2D eigenvalue weighted by molar-refractivity contribution is -0.137. The highest BCUT2D eigenvalue weighted by molar-refractivity contribution is 5.80. The third kappa shape index (κ3) is 3.21. The Kier molecular flexibility index (Phi) is 4.12. The third-order valence-electron chi connectivity index (χ3n) is 4.39. The van der Waals surface area contributed by atoms with E-state index in [0.29, 0.717) is 22.5 Å². The van der Waals surface area contributed by atoms with Crippen LogP contribution in [0.15, 0.2) is 60.7 Å². The number of nitriles is 1. The number of fused-ring (bicyclic) bond motifs is 1. The fourth-order valence-electron chi connectivity index (χ4n) is 2.92. The van der Waals surface area contributed by atoms with Gasteiger partial charge < -0.3 is 4.98 Å². The number of nitrogens with one attached hydrogen (secondary N) is 1. The summed E-state index contributed by atoms with van der Waals surface area (Å²) in [6.45, 7) is 0. The maximum Gasteiger partial charge on any atom is 0.416 e. The number of alkyl halides is 3. The van der Waals surface area contributed by atoms with E-state index in [1.54, 1.807) is 36.4 Å². The van der Waals surface area contributed by atoms with Crippen molar-refractivity contribution in [2.75, 3.05) is 0 Å². The number of hydrogen-bond acceptors (Lipinski definition) is 2. The highest BCUT2D eigenvalue weighted by atomic mass is 19.4. The zero-order valence-electron chi connectivity index (χ0n) is 14.2. The van der Waals surface area contributed by atoms with Crippen LogP contribution in [-0.2, 0) is 6.18 Å². The van der Waals surface area contributed by atoms with Gasteiger partial charge >= 0.3 is 6.18 Å². The second-order valence-corrected chi connectivity index (χ2v) is 6.20. The molecule has 0 unspecified atom stereocenters. The number of rotatable bonds is 2. The summed E-state index contributed by atoms with van der Waals surface area (Å²) in [6.07, 6.45) is -4.43. The topological polar surface area (TPSA) is 52.5 Å². The Morgan fingerprint density at radius 3 is 2.18 bits per heavy atom. The Bertz CT molecular complexity index is 1220. The molecule has 0 atom stereocenters. The molecule has 7 heteroatoms. The second kappa shape index (κ2) is 6.50. The molecule has 0 radical (unpaired) electrons. The number of hydrogen-bond donors (Lipinski definition) is 1. The Labute approximate surface area is 156 Å². The number of imidazole rings is 1. The Morgan fingerprint density at radius 2 is 1.54 bits per heavy atom. The van der Waals surface area contributed by atoms with Crippen molar-refractivity contribution in [2.45, 2.75) is 6.18 Å². The molecule has 4 rings (SSSR count). The normalized spacial score (nSPS) is 11.5. The Morgan fingerprint density at radius 1 is 0.857 bits per heavy atom. The van der Waals surface area contributed by atoms with Gasteiger partial charge in [-0.25, -0.2) is 9.37 Å². The highest BCUT2D eigenvalue weighted by Crippen LogP contribution is 2.32. The Balaban J connectivity index is 1.67. The molecule has 0 spiro atoms. The minimum Gasteiger partial charge on any atom is -0.338 e. The predicted octanol–water partition coefficient (Wildman–Crippen LogP) is 5.93. The summed E-state index contributed by atoms with van der Waals surface area (Å²) < 4.78 is 52.3. The number of nitrogens with zero attached hydrogens (tertiary/aromatic N) is 2. The van der Waals surface area contributed by atoms with Gasteiger partial charge in [0.2, 0.25) is 0 Å². The molecule has 0 bridgehead atoms. The van der Waals surface area contributed by atoms with Crippen LogP contribution in [0.2, 0.25) is 0 Å². The van der Waals surface area contributed by atoms with Crippen molar-refractivity contribution in [3.8, 4) is 28.6 Å². The molecular weight excluding hydrogens is 370 g/mol. The number of benzene rings is 3. The van der Waals surface area contributed by atoms with Crippen molar-refractivity contribution in [1.29, 1.82) is 5.26 Å². The average molecular weight is 381 g/mol. The van der Waals surface area contributed by atoms with Crippen LogP contribution in [0.5, 0.6) is 0 Å². The summed E-state index contributed by atoms with van der Waals surface area (Å²) in [4.78, 5) is 7.24. The van der Waals surface area contributed by atoms with Crippen molar-refractivity contribution >= 4 is 11.0 Å². The monoisotopic (exact) mass is 381 g/mol. The molecule has 28 heavy (non-hydrogen) atoms. The molecule has 0 aliphatic rings. The van der Waals surface area contributed by atoms with Gasteiger partial charge in [0.05, 0.1) is 22.2 Å². The maximum atomic E-state index is 13.8. The lowest BCUT2D eigenvalue weighted by atomic mass is 10.0. The first-order valence-corrected chi connectivity index (χ1v) is 8.22. The lowest BCUT2D eigenvalue weighted by Gasteiger charge is -2.04. The van der Waals surface area contributed by atoms with Crippen molar-refractivity contribution in [1.82, 2.24) is 9.97 Å². The van der Waals surface area contributed by atoms with E-state index in [2.05, 4.69) is 9.97 Å². The minimum absolute atomic E-state index is 0.0270. The van der Waals surface area contributed by atoms with Crippen LogP contribution >= 0.6 is 0 Å². The quantitative estimate of drug-likeness (QED) is 0.438. The van der Waals surface area contributed by atoms with Gasteiger partial charge in [0.15, 0.2) is 0 Å². The van der Waals surface area contributed by atoms with Crippen LogP contribution in [0.1, 0.15) is 11.1 Å². The molecule has 1 aromatic heterocycles. The van der Waals surface area contributed by atoms with Gasteiger partial charge in [0.25, 0.3) is 0 Å². The number of halogens is 4. The fourth-order valence-corrected chi connectivity index (χ4v) is 2.92. The largest absolute Gasteiger partial charge is 0.416 e. The average Bonchev–Trinajstić information content (AvgIpc) is 3.11. The first kappa shape index (κ1) is 17.7. The summed E-state index contributed by atoms with van der Waals surface area (Å²) in [7, 11) is 0. The molecular formula is C21H11F4N3. The summed E-state index contributed by atoms with van der Waals surface area (Å²) in [5, 5.41) is 8.80. The SMILES string of the molecule is N#Cc1ccc(-c2ccc(-c3nc4cc(C(F)(F)F)ccc4[nH]3)cc2)cc1F. The van der Waals surface area contributed by atoms with E-state index in [9.17, 15) is 17.6 Å². The highest BCUT2D eigenvalue weighted by Gasteiger charge is 2.30. The molecule has 1 heterocycles. The van der Waals surface area contributed by atoms with Crippen molar-refractivity contribution in [3.63, 3.8) is 0 Å². The third-order valence-corrected chi connectivity index (χ3v) is 4.39. The standard InChI is InChI=1S/C21H11F4N3/c22-17-9-14(5-6-15(17)11-26)12-1-3-13(4-2-12)20-27-18-8-7-16(21(23,24)25)10-19(18)28-20/h1-10H,(H,27,28). The molecule has 0 fully saturated rings. The van der Waals surface area contributed by atoms with E-state index >= 15 is 0 Å². The van der Waals surface area contributed by atoms with Crippen LogP contribution < -0.4 is 0 Å². The molecule has 0 amide bonds. The number of H-pyrrole nitrogens is 1. The molecule has 0 aliphatic carbocycles. The van der Waals surface area contributed by atoms with Crippen LogP contribution in [-0.4, -0.2) is 9.97 Å². The van der Waals surface area contributed by atoms with Crippen LogP contribution in [0.4, 0.5) is 17.6 Å². The van der Waals surface area contributed by atoms with Gasteiger partial charge in [-0.15, -0.1) is 0 Å². The van der Waals surface area contributed by atoms with E-state index in [0.717, 1.165) is 17.7 Å². The van der Waals surface area contributed by atoms with Gasteiger partial charge in [-0.05, 0) is 41.5 Å². The van der Waals surface area contributed by atoms with E-state index in [4.69, 9.17) is 5.26 Å². The lowest BCUT2D eigenvalue weighted by Crippen LogP contribution is -2.04. The molecule has 0 saturated carbocycles. The van der Waals surface area contributed by atoms with E-state index in [1.807, 2.05) is 0 Å². The Hall–Kier alpha value is -3.66. The van der Waals surface area contributed by atoms with Crippen molar-refractivity contribution < 1.29 is 17.6 Å². The van der Waals surface area contributed by atoms with E-state index in [1.165, 1.54) is 18.2 Å². The summed E-state index contributed by atoms with van der Waals surface area (Å²) >= 11 is 0. The van der Waals surface area contributed by atoms with Crippen molar-refractivity contribution in [2.24, 2.45) is 0 Å².